The Labute approximate surface area is 197 Å². The van der Waals surface area contributed by atoms with Crippen LogP contribution in [0.25, 0.3) is 10.9 Å². The zero-order valence-electron chi connectivity index (χ0n) is 19.6. The fourth-order valence-corrected chi connectivity index (χ4v) is 5.62. The molecule has 10 nitrogen and oxygen atoms in total. The number of H-pyrrole nitrogens is 1. The van der Waals surface area contributed by atoms with Crippen LogP contribution in [0.15, 0.2) is 23.0 Å². The number of pyridine rings is 1. The maximum Gasteiger partial charge on any atom is 0.253 e. The van der Waals surface area contributed by atoms with Crippen molar-refractivity contribution >= 4 is 10.9 Å². The van der Waals surface area contributed by atoms with Crippen LogP contribution in [0, 0.1) is 0 Å². The normalized spacial score (nSPS) is 20.7. The number of hydrogen-bond donors (Lipinski definition) is 1. The number of ether oxygens (including phenoxy) is 2. The quantitative estimate of drug-likeness (QED) is 0.613. The minimum Gasteiger partial charge on any atom is -0.454 e. The Balaban J connectivity index is 1.45. The van der Waals surface area contributed by atoms with Crippen molar-refractivity contribution in [1.82, 2.24) is 35.0 Å². The van der Waals surface area contributed by atoms with E-state index in [1.165, 1.54) is 19.3 Å². The number of fused-ring (bicyclic) bond motifs is 2. The molecule has 4 heterocycles. The summed E-state index contributed by atoms with van der Waals surface area (Å²) in [6, 6.07) is 5.73. The number of piperazine rings is 1. The van der Waals surface area contributed by atoms with Gasteiger partial charge in [0, 0.05) is 43.2 Å². The molecule has 1 aromatic carbocycles. The lowest BCUT2D eigenvalue weighted by Gasteiger charge is -2.38. The first-order valence-electron chi connectivity index (χ1n) is 12.4. The lowest BCUT2D eigenvalue weighted by Crippen LogP contribution is -2.49. The van der Waals surface area contributed by atoms with Crippen molar-refractivity contribution in [3.05, 3.63) is 39.9 Å². The predicted molar refractivity (Wildman–Crippen MR) is 126 cm³/mol. The van der Waals surface area contributed by atoms with Gasteiger partial charge in [-0.3, -0.25) is 9.69 Å². The molecule has 2 aromatic heterocycles. The summed E-state index contributed by atoms with van der Waals surface area (Å²) in [5.41, 5.74) is 1.29. The van der Waals surface area contributed by atoms with E-state index in [1.54, 1.807) is 0 Å². The van der Waals surface area contributed by atoms with Crippen LogP contribution in [0.3, 0.4) is 0 Å². The first-order chi connectivity index (χ1) is 16.7. The van der Waals surface area contributed by atoms with Crippen molar-refractivity contribution in [3.8, 4) is 11.5 Å². The molecule has 0 spiro atoms. The van der Waals surface area contributed by atoms with Gasteiger partial charge >= 0.3 is 0 Å². The Kier molecular flexibility index (Phi) is 5.70. The van der Waals surface area contributed by atoms with E-state index in [2.05, 4.69) is 37.2 Å². The van der Waals surface area contributed by atoms with Gasteiger partial charge in [-0.2, -0.15) is 0 Å². The average Bonchev–Trinajstić information content (AvgIpc) is 3.54. The first kappa shape index (κ1) is 21.5. The Hall–Kier alpha value is -2.98. The molecule has 1 aliphatic carbocycles. The van der Waals surface area contributed by atoms with E-state index in [1.807, 2.05) is 22.9 Å². The monoisotopic (exact) mass is 465 g/mol. The molecule has 1 saturated heterocycles. The Morgan fingerprint density at radius 3 is 2.59 bits per heavy atom. The predicted octanol–water partition coefficient (Wildman–Crippen LogP) is 2.48. The molecule has 1 unspecified atom stereocenters. The topological polar surface area (TPSA) is 101 Å². The summed E-state index contributed by atoms with van der Waals surface area (Å²) < 4.78 is 13.1. The molecule has 34 heavy (non-hydrogen) atoms. The molecule has 3 aromatic rings. The highest BCUT2D eigenvalue weighted by Gasteiger charge is 2.34. The molecule has 2 aliphatic heterocycles. The van der Waals surface area contributed by atoms with Gasteiger partial charge in [0.25, 0.3) is 5.56 Å². The number of aromatic amines is 1. The van der Waals surface area contributed by atoms with E-state index in [-0.39, 0.29) is 24.4 Å². The summed E-state index contributed by atoms with van der Waals surface area (Å²) in [5.74, 6) is 2.12. The molecule has 10 heteroatoms. The lowest BCUT2D eigenvalue weighted by molar-refractivity contribution is 0.106. The van der Waals surface area contributed by atoms with Crippen molar-refractivity contribution in [2.24, 2.45) is 0 Å². The van der Waals surface area contributed by atoms with E-state index in [0.29, 0.717) is 17.1 Å². The number of tetrazole rings is 1. The van der Waals surface area contributed by atoms with Crippen LogP contribution in [-0.4, -0.2) is 74.5 Å². The molecule has 1 saturated carbocycles. The molecule has 0 bridgehead atoms. The van der Waals surface area contributed by atoms with Crippen molar-refractivity contribution in [2.45, 2.75) is 51.1 Å². The molecule has 1 N–H and O–H groups in total. The first-order valence-corrected chi connectivity index (χ1v) is 12.4. The maximum absolute atomic E-state index is 13.5. The highest BCUT2D eigenvalue weighted by atomic mass is 16.7. The number of likely N-dealkylation sites (N-methyl/N-ethyl adjacent to an activating group) is 1. The Morgan fingerprint density at radius 2 is 1.82 bits per heavy atom. The molecule has 2 fully saturated rings. The minimum absolute atomic E-state index is 0.118. The number of nitrogens with zero attached hydrogens (tertiary/aromatic N) is 6. The summed E-state index contributed by atoms with van der Waals surface area (Å²) in [6.07, 6.45) is 5.79. The number of aromatic nitrogens is 5. The minimum atomic E-state index is -0.311. The van der Waals surface area contributed by atoms with Gasteiger partial charge < -0.3 is 19.4 Å². The second-order valence-corrected chi connectivity index (χ2v) is 9.49. The van der Waals surface area contributed by atoms with Crippen molar-refractivity contribution in [3.63, 3.8) is 0 Å². The summed E-state index contributed by atoms with van der Waals surface area (Å²) in [5, 5.41) is 13.9. The number of nitrogens with one attached hydrogen (secondary N) is 1. The van der Waals surface area contributed by atoms with Crippen molar-refractivity contribution in [2.75, 3.05) is 39.5 Å². The van der Waals surface area contributed by atoms with Gasteiger partial charge in [0.2, 0.25) is 6.79 Å². The summed E-state index contributed by atoms with van der Waals surface area (Å²) in [6.45, 7) is 7.05. The fraction of sp³-hybridized carbons (Fsp3) is 0.583. The lowest BCUT2D eigenvalue weighted by atomic mass is 9.95. The van der Waals surface area contributed by atoms with Crippen LogP contribution in [0.4, 0.5) is 0 Å². The van der Waals surface area contributed by atoms with Crippen LogP contribution >= 0.6 is 0 Å². The molecular weight excluding hydrogens is 434 g/mol. The van der Waals surface area contributed by atoms with Crippen LogP contribution < -0.4 is 15.0 Å². The smallest absolute Gasteiger partial charge is 0.253 e. The molecule has 180 valence electrons. The van der Waals surface area contributed by atoms with Gasteiger partial charge in [0.05, 0.1) is 11.6 Å². The standard InChI is InChI=1S/C24H31N7O3/c1-2-29-8-10-30(11-9-29)22(23-26-27-28-31(23)17-6-4-3-5-7-17)18-12-16-13-20-21(34-15-33-20)14-19(16)25-24(18)32/h12-14,17,22H,2-11,15H2,1H3,(H,25,32). The van der Waals surface area contributed by atoms with E-state index in [9.17, 15) is 4.79 Å². The largest absolute Gasteiger partial charge is 0.454 e. The molecule has 6 rings (SSSR count). The molecule has 0 amide bonds. The van der Waals surface area contributed by atoms with E-state index < -0.39 is 0 Å². The van der Waals surface area contributed by atoms with Gasteiger partial charge in [0.1, 0.15) is 6.04 Å². The second-order valence-electron chi connectivity index (χ2n) is 9.49. The summed E-state index contributed by atoms with van der Waals surface area (Å²) >= 11 is 0. The van der Waals surface area contributed by atoms with Gasteiger partial charge in [-0.1, -0.05) is 26.2 Å². The third-order valence-corrected chi connectivity index (χ3v) is 7.56. The maximum atomic E-state index is 13.5. The zero-order valence-corrected chi connectivity index (χ0v) is 19.6. The van der Waals surface area contributed by atoms with E-state index >= 15 is 0 Å². The van der Waals surface area contributed by atoms with Gasteiger partial charge in [-0.25, -0.2) is 4.68 Å². The molecule has 1 atom stereocenters. The van der Waals surface area contributed by atoms with Gasteiger partial charge in [-0.05, 0) is 41.9 Å². The van der Waals surface area contributed by atoms with E-state index in [0.717, 1.165) is 62.3 Å². The third kappa shape index (κ3) is 3.84. The SMILES string of the molecule is CCN1CCN(C(c2cc3cc4c(cc3[nH]c2=O)OCO4)c2nnnn2C2CCCCC2)CC1. The van der Waals surface area contributed by atoms with Crippen LogP contribution in [0.5, 0.6) is 11.5 Å². The van der Waals surface area contributed by atoms with Crippen LogP contribution in [0.2, 0.25) is 0 Å². The highest BCUT2D eigenvalue weighted by Crippen LogP contribution is 2.37. The number of benzene rings is 1. The van der Waals surface area contributed by atoms with Crippen LogP contribution in [0.1, 0.15) is 62.5 Å². The molecule has 0 radical (unpaired) electrons. The fourth-order valence-electron chi connectivity index (χ4n) is 5.62. The number of hydrogen-bond acceptors (Lipinski definition) is 8. The second kappa shape index (κ2) is 8.99. The Bertz CT molecular complexity index is 1230. The summed E-state index contributed by atoms with van der Waals surface area (Å²) in [4.78, 5) is 21.4. The summed E-state index contributed by atoms with van der Waals surface area (Å²) in [7, 11) is 0. The van der Waals surface area contributed by atoms with Crippen molar-refractivity contribution in [1.29, 1.82) is 0 Å². The van der Waals surface area contributed by atoms with Gasteiger partial charge in [0.15, 0.2) is 17.3 Å². The van der Waals surface area contributed by atoms with Crippen molar-refractivity contribution < 1.29 is 9.47 Å². The molecule has 3 aliphatic rings. The van der Waals surface area contributed by atoms with Gasteiger partial charge in [-0.15, -0.1) is 5.10 Å². The van der Waals surface area contributed by atoms with Crippen LogP contribution in [-0.2, 0) is 0 Å². The zero-order chi connectivity index (χ0) is 23.1. The Morgan fingerprint density at radius 1 is 1.06 bits per heavy atom. The average molecular weight is 466 g/mol. The molecular formula is C24H31N7O3. The number of rotatable bonds is 5. The third-order valence-electron chi connectivity index (χ3n) is 7.56. The van der Waals surface area contributed by atoms with E-state index in [4.69, 9.17) is 9.47 Å². The highest BCUT2D eigenvalue weighted by molar-refractivity contribution is 5.83.